The molecule has 168 valence electrons. The summed E-state index contributed by atoms with van der Waals surface area (Å²) < 4.78 is 5.37. The fraction of sp³-hybridized carbons (Fsp3) is 0.348. The summed E-state index contributed by atoms with van der Waals surface area (Å²) in [4.78, 5) is 35.5. The van der Waals surface area contributed by atoms with Gasteiger partial charge in [-0.3, -0.25) is 14.5 Å². The van der Waals surface area contributed by atoms with Gasteiger partial charge in [0.25, 0.3) is 5.91 Å². The number of carbonyl (C=O) groups is 2. The van der Waals surface area contributed by atoms with Gasteiger partial charge < -0.3 is 9.64 Å². The van der Waals surface area contributed by atoms with E-state index in [1.54, 1.807) is 17.0 Å². The van der Waals surface area contributed by atoms with Crippen LogP contribution in [0.2, 0.25) is 5.02 Å². The Morgan fingerprint density at radius 2 is 2.12 bits per heavy atom. The third-order valence-electron chi connectivity index (χ3n) is 5.28. The van der Waals surface area contributed by atoms with E-state index in [0.717, 1.165) is 10.4 Å². The Kier molecular flexibility index (Phi) is 7.35. The Balaban J connectivity index is 1.66. The van der Waals surface area contributed by atoms with Crippen LogP contribution < -0.4 is 4.90 Å². The summed E-state index contributed by atoms with van der Waals surface area (Å²) in [6.45, 7) is 6.16. The molecule has 0 saturated carbocycles. The van der Waals surface area contributed by atoms with Crippen molar-refractivity contribution in [3.05, 3.63) is 56.9 Å². The van der Waals surface area contributed by atoms with E-state index in [9.17, 15) is 9.59 Å². The molecule has 1 saturated heterocycles. The summed E-state index contributed by atoms with van der Waals surface area (Å²) in [5.74, 6) is -0.178. The predicted octanol–water partition coefficient (Wildman–Crippen LogP) is 4.82. The van der Waals surface area contributed by atoms with Gasteiger partial charge in [-0.1, -0.05) is 42.4 Å². The second kappa shape index (κ2) is 10.2. The molecule has 32 heavy (non-hydrogen) atoms. The van der Waals surface area contributed by atoms with E-state index in [1.807, 2.05) is 48.4 Å². The fourth-order valence-electron chi connectivity index (χ4n) is 3.46. The number of amides is 2. The van der Waals surface area contributed by atoms with Crippen molar-refractivity contribution in [1.29, 1.82) is 0 Å². The number of benzene rings is 1. The van der Waals surface area contributed by atoms with Crippen LogP contribution in [0.4, 0.5) is 5.69 Å². The molecule has 0 spiro atoms. The summed E-state index contributed by atoms with van der Waals surface area (Å²) in [5.41, 5.74) is 1.91. The van der Waals surface area contributed by atoms with E-state index < -0.39 is 0 Å². The second-order valence-electron chi connectivity index (χ2n) is 7.47. The van der Waals surface area contributed by atoms with E-state index >= 15 is 0 Å². The lowest BCUT2D eigenvalue weighted by Gasteiger charge is -2.30. The summed E-state index contributed by atoms with van der Waals surface area (Å²) >= 11 is 9.22. The van der Waals surface area contributed by atoms with Crippen LogP contribution in [0.15, 0.2) is 46.4 Å². The molecule has 2 aliphatic rings. The zero-order valence-electron chi connectivity index (χ0n) is 17.9. The molecular weight excluding hydrogens is 466 g/mol. The molecule has 1 fully saturated rings. The number of rotatable bonds is 5. The molecule has 0 radical (unpaired) electrons. The van der Waals surface area contributed by atoms with Crippen molar-refractivity contribution in [2.24, 2.45) is 4.99 Å². The highest BCUT2D eigenvalue weighted by atomic mass is 35.5. The third-order valence-corrected chi connectivity index (χ3v) is 7.81. The van der Waals surface area contributed by atoms with E-state index in [2.05, 4.69) is 4.99 Å². The molecule has 3 heterocycles. The molecule has 4 rings (SSSR count). The highest BCUT2D eigenvalue weighted by molar-refractivity contribution is 8.15. The first-order valence-corrected chi connectivity index (χ1v) is 12.6. The predicted molar refractivity (Wildman–Crippen MR) is 132 cm³/mol. The number of hydrogen-bond donors (Lipinski definition) is 0. The lowest BCUT2D eigenvalue weighted by molar-refractivity contribution is -0.134. The quantitative estimate of drug-likeness (QED) is 0.565. The number of carbonyl (C=O) groups excluding carboxylic acids is 2. The van der Waals surface area contributed by atoms with Gasteiger partial charge in [0.1, 0.15) is 5.70 Å². The van der Waals surface area contributed by atoms with Crippen molar-refractivity contribution in [3.8, 4) is 0 Å². The van der Waals surface area contributed by atoms with Gasteiger partial charge in [-0.05, 0) is 48.6 Å². The molecule has 1 aromatic carbocycles. The summed E-state index contributed by atoms with van der Waals surface area (Å²) in [5, 5.41) is 2.68. The first-order valence-electron chi connectivity index (χ1n) is 10.5. The number of hydrogen-bond acceptors (Lipinski definition) is 6. The summed E-state index contributed by atoms with van der Waals surface area (Å²) in [6, 6.07) is 9.37. The second-order valence-corrected chi connectivity index (χ2v) is 10.0. The molecule has 6 nitrogen and oxygen atoms in total. The Morgan fingerprint density at radius 1 is 1.34 bits per heavy atom. The molecule has 2 aromatic rings. The van der Waals surface area contributed by atoms with Crippen LogP contribution in [-0.4, -0.2) is 53.4 Å². The smallest absolute Gasteiger partial charge is 0.283 e. The number of anilines is 1. The van der Waals surface area contributed by atoms with Gasteiger partial charge in [0.2, 0.25) is 5.91 Å². The lowest BCUT2D eigenvalue weighted by Crippen LogP contribution is -2.45. The molecular formula is C23H24ClN3O3S2. The van der Waals surface area contributed by atoms with Crippen LogP contribution in [0.25, 0.3) is 6.08 Å². The first-order chi connectivity index (χ1) is 15.5. The van der Waals surface area contributed by atoms with E-state index in [1.165, 1.54) is 23.1 Å². The SMILES string of the molecule is CC[C@H](SC1=N/C(=C\c2cccs2)C(=O)N1c1ccc(C)c(Cl)c1)C(=O)N1CCOCC1. The molecule has 2 amide bonds. The standard InChI is InChI=1S/C23H24ClN3O3S2/c1-3-20(22(29)26-8-10-30-11-9-26)32-23-25-19(14-17-5-4-12-31-17)21(28)27(23)16-7-6-15(2)18(24)13-16/h4-7,12-14,20H,3,8-11H2,1-2H3/b19-14-/t20-/m0/s1. The van der Waals surface area contributed by atoms with Gasteiger partial charge in [-0.15, -0.1) is 11.3 Å². The molecule has 0 N–H and O–H groups in total. The number of thiophene rings is 1. The number of ether oxygens (including phenoxy) is 1. The van der Waals surface area contributed by atoms with Crippen molar-refractivity contribution in [1.82, 2.24) is 4.90 Å². The maximum atomic E-state index is 13.4. The number of amidine groups is 1. The average molecular weight is 490 g/mol. The Hall–Kier alpha value is -2.13. The highest BCUT2D eigenvalue weighted by Gasteiger charge is 2.36. The van der Waals surface area contributed by atoms with Gasteiger partial charge in [-0.25, -0.2) is 4.99 Å². The fourth-order valence-corrected chi connectivity index (χ4v) is 5.40. The average Bonchev–Trinajstić information content (AvgIpc) is 3.42. The molecule has 0 aliphatic carbocycles. The van der Waals surface area contributed by atoms with Gasteiger partial charge in [0, 0.05) is 23.0 Å². The first kappa shape index (κ1) is 23.0. The zero-order valence-corrected chi connectivity index (χ0v) is 20.3. The van der Waals surface area contributed by atoms with Crippen LogP contribution in [0.1, 0.15) is 23.8 Å². The third kappa shape index (κ3) is 4.93. The number of morpholine rings is 1. The van der Waals surface area contributed by atoms with E-state index in [-0.39, 0.29) is 17.1 Å². The zero-order chi connectivity index (χ0) is 22.7. The van der Waals surface area contributed by atoms with Crippen molar-refractivity contribution >= 4 is 63.4 Å². The maximum Gasteiger partial charge on any atom is 0.283 e. The van der Waals surface area contributed by atoms with Gasteiger partial charge in [0.05, 0.1) is 24.2 Å². The number of aliphatic imine (C=N–C) groups is 1. The van der Waals surface area contributed by atoms with Gasteiger partial charge in [-0.2, -0.15) is 0 Å². The minimum absolute atomic E-state index is 0.0496. The van der Waals surface area contributed by atoms with Gasteiger partial charge in [0.15, 0.2) is 5.17 Å². The monoisotopic (exact) mass is 489 g/mol. The number of nitrogens with zero attached hydrogens (tertiary/aromatic N) is 3. The van der Waals surface area contributed by atoms with Crippen molar-refractivity contribution in [2.75, 3.05) is 31.2 Å². The summed E-state index contributed by atoms with van der Waals surface area (Å²) in [7, 11) is 0. The van der Waals surface area contributed by atoms with E-state index in [4.69, 9.17) is 16.3 Å². The van der Waals surface area contributed by atoms with Crippen LogP contribution in [0.5, 0.6) is 0 Å². The molecule has 0 unspecified atom stereocenters. The highest BCUT2D eigenvalue weighted by Crippen LogP contribution is 2.34. The Labute approximate surface area is 200 Å². The van der Waals surface area contributed by atoms with Crippen LogP contribution >= 0.6 is 34.7 Å². The van der Waals surface area contributed by atoms with Crippen LogP contribution in [0.3, 0.4) is 0 Å². The van der Waals surface area contributed by atoms with E-state index in [0.29, 0.717) is 54.3 Å². The number of aryl methyl sites for hydroxylation is 1. The number of halogens is 1. The summed E-state index contributed by atoms with van der Waals surface area (Å²) in [6.07, 6.45) is 2.41. The molecule has 1 atom stereocenters. The molecule has 0 bridgehead atoms. The van der Waals surface area contributed by atoms with Crippen molar-refractivity contribution in [3.63, 3.8) is 0 Å². The van der Waals surface area contributed by atoms with Crippen molar-refractivity contribution in [2.45, 2.75) is 25.5 Å². The topological polar surface area (TPSA) is 62.2 Å². The molecule has 1 aromatic heterocycles. The maximum absolute atomic E-state index is 13.4. The number of thioether (sulfide) groups is 1. The van der Waals surface area contributed by atoms with Gasteiger partial charge >= 0.3 is 0 Å². The normalized spacial score (nSPS) is 18.9. The van der Waals surface area contributed by atoms with Crippen LogP contribution in [-0.2, 0) is 14.3 Å². The molecule has 9 heteroatoms. The minimum atomic E-state index is -0.343. The Bertz CT molecular complexity index is 1060. The largest absolute Gasteiger partial charge is 0.378 e. The van der Waals surface area contributed by atoms with Crippen LogP contribution in [0, 0.1) is 6.92 Å². The van der Waals surface area contributed by atoms with Crippen molar-refractivity contribution < 1.29 is 14.3 Å². The Morgan fingerprint density at radius 3 is 2.78 bits per heavy atom. The molecule has 2 aliphatic heterocycles. The lowest BCUT2D eigenvalue weighted by atomic mass is 10.2. The minimum Gasteiger partial charge on any atom is -0.378 e.